The Morgan fingerprint density at radius 2 is 1.95 bits per heavy atom. The summed E-state index contributed by atoms with van der Waals surface area (Å²) in [6.07, 6.45) is 0.906. The van der Waals surface area contributed by atoms with E-state index in [1.54, 1.807) is 0 Å². The molecular weight excluding hydrogens is 242 g/mol. The van der Waals surface area contributed by atoms with Crippen LogP contribution < -0.4 is 16.4 Å². The summed E-state index contributed by atoms with van der Waals surface area (Å²) in [6.45, 7) is 2.80. The number of carbonyl (C=O) groups is 1. The summed E-state index contributed by atoms with van der Waals surface area (Å²) < 4.78 is 0. The Bertz CT molecular complexity index is 584. The predicted octanol–water partition coefficient (Wildman–Crippen LogP) is 1.15. The smallest absolute Gasteiger partial charge is 0.239 e. The highest BCUT2D eigenvalue weighted by Gasteiger charge is 2.07. The maximum Gasteiger partial charge on any atom is 0.239 e. The van der Waals surface area contributed by atoms with Crippen molar-refractivity contribution < 1.29 is 4.79 Å². The van der Waals surface area contributed by atoms with Crippen molar-refractivity contribution in [2.24, 2.45) is 0 Å². The average molecular weight is 259 g/mol. The monoisotopic (exact) mass is 259 g/mol. The molecule has 0 atom stereocenters. The van der Waals surface area contributed by atoms with Crippen LogP contribution in [0.3, 0.4) is 0 Å². The molecule has 1 aromatic carbocycles. The SMILES string of the molecule is CCCNC(=O)CNc1nc2ccccc2nc1N. The molecule has 0 unspecified atom stereocenters. The Morgan fingerprint density at radius 3 is 2.63 bits per heavy atom. The zero-order valence-corrected chi connectivity index (χ0v) is 10.8. The fourth-order valence-electron chi connectivity index (χ4n) is 1.63. The third-order valence-electron chi connectivity index (χ3n) is 2.59. The van der Waals surface area contributed by atoms with Crippen molar-refractivity contribution in [3.63, 3.8) is 0 Å². The molecule has 0 aliphatic rings. The number of aromatic nitrogens is 2. The van der Waals surface area contributed by atoms with Gasteiger partial charge in [0.25, 0.3) is 0 Å². The molecule has 100 valence electrons. The van der Waals surface area contributed by atoms with Gasteiger partial charge in [-0.1, -0.05) is 19.1 Å². The Hall–Kier alpha value is -2.37. The van der Waals surface area contributed by atoms with Gasteiger partial charge in [0.1, 0.15) is 0 Å². The van der Waals surface area contributed by atoms with Crippen LogP contribution in [0.2, 0.25) is 0 Å². The van der Waals surface area contributed by atoms with E-state index in [9.17, 15) is 4.79 Å². The minimum absolute atomic E-state index is 0.0868. The average Bonchev–Trinajstić information content (AvgIpc) is 2.42. The van der Waals surface area contributed by atoms with E-state index in [0.717, 1.165) is 17.5 Å². The molecule has 0 radical (unpaired) electrons. The summed E-state index contributed by atoms with van der Waals surface area (Å²) >= 11 is 0. The second kappa shape index (κ2) is 5.99. The molecule has 0 aliphatic heterocycles. The van der Waals surface area contributed by atoms with E-state index < -0.39 is 0 Å². The van der Waals surface area contributed by atoms with Gasteiger partial charge in [-0.15, -0.1) is 0 Å². The molecule has 2 aromatic rings. The Kier molecular flexibility index (Phi) is 4.12. The number of benzene rings is 1. The van der Waals surface area contributed by atoms with Crippen molar-refractivity contribution in [1.82, 2.24) is 15.3 Å². The summed E-state index contributed by atoms with van der Waals surface area (Å²) in [5, 5.41) is 5.67. The fraction of sp³-hybridized carbons (Fsp3) is 0.308. The van der Waals surface area contributed by atoms with Gasteiger partial charge in [0.05, 0.1) is 17.6 Å². The Morgan fingerprint density at radius 1 is 1.26 bits per heavy atom. The molecule has 6 heteroatoms. The van der Waals surface area contributed by atoms with Crippen LogP contribution in [0.4, 0.5) is 11.6 Å². The van der Waals surface area contributed by atoms with Crippen LogP contribution >= 0.6 is 0 Å². The van der Waals surface area contributed by atoms with Crippen LogP contribution in [0, 0.1) is 0 Å². The zero-order chi connectivity index (χ0) is 13.7. The van der Waals surface area contributed by atoms with Gasteiger partial charge in [0.2, 0.25) is 5.91 Å². The first-order chi connectivity index (χ1) is 9.20. The van der Waals surface area contributed by atoms with Crippen molar-refractivity contribution in [1.29, 1.82) is 0 Å². The van der Waals surface area contributed by atoms with Crippen LogP contribution in [-0.4, -0.2) is 29.0 Å². The van der Waals surface area contributed by atoms with Crippen LogP contribution in [0.1, 0.15) is 13.3 Å². The van der Waals surface area contributed by atoms with E-state index in [-0.39, 0.29) is 12.5 Å². The second-order valence-corrected chi connectivity index (χ2v) is 4.15. The maximum absolute atomic E-state index is 11.5. The number of rotatable bonds is 5. The number of para-hydroxylation sites is 2. The van der Waals surface area contributed by atoms with Crippen molar-refractivity contribution in [3.05, 3.63) is 24.3 Å². The third-order valence-corrected chi connectivity index (χ3v) is 2.59. The van der Waals surface area contributed by atoms with E-state index in [2.05, 4.69) is 20.6 Å². The molecule has 0 fully saturated rings. The lowest BCUT2D eigenvalue weighted by Gasteiger charge is -2.09. The number of nitrogens with two attached hydrogens (primary N) is 1. The summed E-state index contributed by atoms with van der Waals surface area (Å²) in [5.74, 6) is 0.642. The molecule has 0 aliphatic carbocycles. The molecule has 0 bridgehead atoms. The normalized spacial score (nSPS) is 10.4. The molecule has 2 rings (SSSR count). The van der Waals surface area contributed by atoms with Gasteiger partial charge in [0.15, 0.2) is 11.6 Å². The lowest BCUT2D eigenvalue weighted by molar-refractivity contribution is -0.119. The minimum Gasteiger partial charge on any atom is -0.381 e. The van der Waals surface area contributed by atoms with Gasteiger partial charge >= 0.3 is 0 Å². The molecule has 19 heavy (non-hydrogen) atoms. The minimum atomic E-state index is -0.0868. The number of carbonyl (C=O) groups excluding carboxylic acids is 1. The van der Waals surface area contributed by atoms with Crippen LogP contribution in [0.15, 0.2) is 24.3 Å². The Balaban J connectivity index is 2.08. The lowest BCUT2D eigenvalue weighted by atomic mass is 10.3. The largest absolute Gasteiger partial charge is 0.381 e. The van der Waals surface area contributed by atoms with Crippen LogP contribution in [0.5, 0.6) is 0 Å². The Labute approximate surface area is 111 Å². The van der Waals surface area contributed by atoms with Crippen LogP contribution in [0.25, 0.3) is 11.0 Å². The van der Waals surface area contributed by atoms with Gasteiger partial charge < -0.3 is 16.4 Å². The van der Waals surface area contributed by atoms with E-state index in [1.165, 1.54) is 0 Å². The van der Waals surface area contributed by atoms with E-state index in [0.29, 0.717) is 18.2 Å². The number of nitrogens with zero attached hydrogens (tertiary/aromatic N) is 2. The topological polar surface area (TPSA) is 92.9 Å². The number of amides is 1. The highest BCUT2D eigenvalue weighted by molar-refractivity contribution is 5.83. The van der Waals surface area contributed by atoms with Crippen molar-refractivity contribution >= 4 is 28.6 Å². The van der Waals surface area contributed by atoms with Gasteiger partial charge in [0, 0.05) is 6.54 Å². The number of fused-ring (bicyclic) bond motifs is 1. The second-order valence-electron chi connectivity index (χ2n) is 4.15. The van der Waals surface area contributed by atoms with E-state index in [1.807, 2.05) is 31.2 Å². The van der Waals surface area contributed by atoms with Gasteiger partial charge in [-0.2, -0.15) is 0 Å². The first kappa shape index (κ1) is 13.1. The number of nitrogen functional groups attached to an aromatic ring is 1. The number of hydrogen-bond acceptors (Lipinski definition) is 5. The van der Waals surface area contributed by atoms with E-state index >= 15 is 0 Å². The predicted molar refractivity (Wildman–Crippen MR) is 75.7 cm³/mol. The molecule has 4 N–H and O–H groups in total. The number of nitrogens with one attached hydrogen (secondary N) is 2. The van der Waals surface area contributed by atoms with Gasteiger partial charge in [-0.05, 0) is 18.6 Å². The van der Waals surface area contributed by atoms with Crippen molar-refractivity contribution in [2.75, 3.05) is 24.1 Å². The van der Waals surface area contributed by atoms with Gasteiger partial charge in [-0.25, -0.2) is 9.97 Å². The number of hydrogen-bond donors (Lipinski definition) is 3. The summed E-state index contributed by atoms with van der Waals surface area (Å²) in [4.78, 5) is 20.1. The quantitative estimate of drug-likeness (QED) is 0.749. The molecule has 1 heterocycles. The molecule has 0 saturated heterocycles. The summed E-state index contributed by atoms with van der Waals surface area (Å²) in [7, 11) is 0. The highest BCUT2D eigenvalue weighted by atomic mass is 16.1. The number of anilines is 2. The van der Waals surface area contributed by atoms with E-state index in [4.69, 9.17) is 5.73 Å². The molecular formula is C13H17N5O. The lowest BCUT2D eigenvalue weighted by Crippen LogP contribution is -2.30. The zero-order valence-electron chi connectivity index (χ0n) is 10.8. The third kappa shape index (κ3) is 3.31. The highest BCUT2D eigenvalue weighted by Crippen LogP contribution is 2.17. The molecule has 1 aromatic heterocycles. The van der Waals surface area contributed by atoms with Gasteiger partial charge in [-0.3, -0.25) is 4.79 Å². The fourth-order valence-corrected chi connectivity index (χ4v) is 1.63. The standard InChI is InChI=1S/C13H17N5O/c1-2-7-15-11(19)8-16-13-12(14)17-9-5-3-4-6-10(9)18-13/h3-6H,2,7-8H2,1H3,(H2,14,17)(H,15,19)(H,16,18). The summed E-state index contributed by atoms with van der Waals surface area (Å²) in [5.41, 5.74) is 7.29. The van der Waals surface area contributed by atoms with Crippen LogP contribution in [-0.2, 0) is 4.79 Å². The molecule has 0 spiro atoms. The molecule has 1 amide bonds. The summed E-state index contributed by atoms with van der Waals surface area (Å²) in [6, 6.07) is 7.45. The van der Waals surface area contributed by atoms with Crippen molar-refractivity contribution in [2.45, 2.75) is 13.3 Å². The molecule has 6 nitrogen and oxygen atoms in total. The van der Waals surface area contributed by atoms with Crippen molar-refractivity contribution in [3.8, 4) is 0 Å². The molecule has 0 saturated carbocycles. The first-order valence-electron chi connectivity index (χ1n) is 6.23. The maximum atomic E-state index is 11.5. The first-order valence-corrected chi connectivity index (χ1v) is 6.23.